The highest BCUT2D eigenvalue weighted by molar-refractivity contribution is 14.0. The Labute approximate surface area is 200 Å². The van der Waals surface area contributed by atoms with Crippen LogP contribution in [0.4, 0.5) is 0 Å². The molecular weight excluding hydrogens is 489 g/mol. The molecule has 6 nitrogen and oxygen atoms in total. The number of benzene rings is 1. The van der Waals surface area contributed by atoms with Crippen LogP contribution in [0.3, 0.4) is 0 Å². The van der Waals surface area contributed by atoms with Crippen molar-refractivity contribution in [1.29, 1.82) is 0 Å². The van der Waals surface area contributed by atoms with Crippen LogP contribution >= 0.6 is 24.0 Å². The van der Waals surface area contributed by atoms with Crippen molar-refractivity contribution in [3.63, 3.8) is 0 Å². The van der Waals surface area contributed by atoms with Gasteiger partial charge in [-0.25, -0.2) is 4.99 Å². The molecule has 2 rings (SSSR count). The third-order valence-corrected chi connectivity index (χ3v) is 5.49. The molecular formula is C23H42IN5O. The van der Waals surface area contributed by atoms with Gasteiger partial charge in [0, 0.05) is 52.9 Å². The van der Waals surface area contributed by atoms with Crippen LogP contribution < -0.4 is 10.6 Å². The monoisotopic (exact) mass is 531 g/mol. The molecule has 7 heteroatoms. The predicted molar refractivity (Wildman–Crippen MR) is 138 cm³/mol. The molecule has 1 atom stereocenters. The number of piperazine rings is 1. The van der Waals surface area contributed by atoms with Gasteiger partial charge in [0.1, 0.15) is 0 Å². The second-order valence-corrected chi connectivity index (χ2v) is 9.06. The molecule has 1 aromatic rings. The molecule has 0 spiro atoms. The van der Waals surface area contributed by atoms with Crippen molar-refractivity contribution in [1.82, 2.24) is 20.4 Å². The summed E-state index contributed by atoms with van der Waals surface area (Å²) in [5.41, 5.74) is 2.68. The SMILES string of the molecule is CCNC(=NCc1ccc(CN2CCN(C)CC2)cc1)NCC(OC)C(C)(C)C.I. The van der Waals surface area contributed by atoms with Crippen LogP contribution in [0.15, 0.2) is 29.3 Å². The smallest absolute Gasteiger partial charge is 0.191 e. The second-order valence-electron chi connectivity index (χ2n) is 9.06. The molecule has 172 valence electrons. The van der Waals surface area contributed by atoms with E-state index in [0.29, 0.717) is 6.54 Å². The van der Waals surface area contributed by atoms with Gasteiger partial charge in [-0.15, -0.1) is 24.0 Å². The zero-order chi connectivity index (χ0) is 21.3. The van der Waals surface area contributed by atoms with E-state index in [1.54, 1.807) is 7.11 Å². The number of nitrogens with one attached hydrogen (secondary N) is 2. The Kier molecular flexibility index (Phi) is 12.2. The van der Waals surface area contributed by atoms with E-state index in [2.05, 4.69) is 79.4 Å². The zero-order valence-electron chi connectivity index (χ0n) is 19.7. The largest absolute Gasteiger partial charge is 0.379 e. The van der Waals surface area contributed by atoms with E-state index in [0.717, 1.165) is 51.8 Å². The van der Waals surface area contributed by atoms with Crippen LogP contribution in [-0.4, -0.2) is 75.3 Å². The number of guanidine groups is 1. The number of ether oxygens (including phenoxy) is 1. The number of hydrogen-bond donors (Lipinski definition) is 2. The highest BCUT2D eigenvalue weighted by Crippen LogP contribution is 2.20. The Morgan fingerprint density at radius 3 is 2.20 bits per heavy atom. The van der Waals surface area contributed by atoms with Gasteiger partial charge in [0.2, 0.25) is 0 Å². The lowest BCUT2D eigenvalue weighted by Crippen LogP contribution is -2.45. The summed E-state index contributed by atoms with van der Waals surface area (Å²) in [4.78, 5) is 9.67. The van der Waals surface area contributed by atoms with E-state index >= 15 is 0 Å². The van der Waals surface area contributed by atoms with E-state index < -0.39 is 0 Å². The predicted octanol–water partition coefficient (Wildman–Crippen LogP) is 3.17. The molecule has 1 heterocycles. The highest BCUT2D eigenvalue weighted by Gasteiger charge is 2.24. The molecule has 0 aromatic heterocycles. The summed E-state index contributed by atoms with van der Waals surface area (Å²) in [6.07, 6.45) is 0.125. The molecule has 1 saturated heterocycles. The molecule has 0 bridgehead atoms. The number of halogens is 1. The summed E-state index contributed by atoms with van der Waals surface area (Å²) in [6.45, 7) is 16.5. The number of aliphatic imine (C=N–C) groups is 1. The second kappa shape index (κ2) is 13.5. The van der Waals surface area contributed by atoms with Crippen LogP contribution in [0.2, 0.25) is 0 Å². The van der Waals surface area contributed by atoms with Crippen LogP contribution in [0, 0.1) is 5.41 Å². The number of likely N-dealkylation sites (N-methyl/N-ethyl adjacent to an activating group) is 1. The van der Waals surface area contributed by atoms with Crippen molar-refractivity contribution < 1.29 is 4.74 Å². The van der Waals surface area contributed by atoms with E-state index in [4.69, 9.17) is 9.73 Å². The first-order valence-corrected chi connectivity index (χ1v) is 10.9. The standard InChI is InChI=1S/C23H41N5O.HI/c1-7-24-22(26-17-21(29-6)23(2,3)4)25-16-19-8-10-20(11-9-19)18-28-14-12-27(5)13-15-28;/h8-11,21H,7,12-18H2,1-6H3,(H2,24,25,26);1H. The molecule has 0 radical (unpaired) electrons. The summed E-state index contributed by atoms with van der Waals surface area (Å²) in [7, 11) is 3.97. The van der Waals surface area contributed by atoms with Gasteiger partial charge >= 0.3 is 0 Å². The lowest BCUT2D eigenvalue weighted by Gasteiger charge is -2.32. The minimum absolute atomic E-state index is 0. The first kappa shape index (κ1) is 27.1. The average Bonchev–Trinajstić information content (AvgIpc) is 2.68. The maximum absolute atomic E-state index is 5.64. The average molecular weight is 532 g/mol. The van der Waals surface area contributed by atoms with E-state index in [-0.39, 0.29) is 35.5 Å². The summed E-state index contributed by atoms with van der Waals surface area (Å²) in [6, 6.07) is 8.88. The van der Waals surface area contributed by atoms with Crippen molar-refractivity contribution >= 4 is 29.9 Å². The van der Waals surface area contributed by atoms with Crippen molar-refractivity contribution in [2.45, 2.75) is 46.9 Å². The summed E-state index contributed by atoms with van der Waals surface area (Å²) in [5, 5.41) is 6.75. The molecule has 0 saturated carbocycles. The van der Waals surface area contributed by atoms with Gasteiger partial charge in [0.25, 0.3) is 0 Å². The number of nitrogens with zero attached hydrogens (tertiary/aromatic N) is 3. The zero-order valence-corrected chi connectivity index (χ0v) is 22.0. The van der Waals surface area contributed by atoms with Crippen LogP contribution in [0.1, 0.15) is 38.8 Å². The topological polar surface area (TPSA) is 52.1 Å². The molecule has 0 aliphatic carbocycles. The van der Waals surface area contributed by atoms with E-state index in [1.807, 2.05) is 0 Å². The summed E-state index contributed by atoms with van der Waals surface area (Å²) >= 11 is 0. The van der Waals surface area contributed by atoms with Gasteiger partial charge in [0.15, 0.2) is 5.96 Å². The lowest BCUT2D eigenvalue weighted by atomic mass is 9.89. The first-order chi connectivity index (χ1) is 13.8. The van der Waals surface area contributed by atoms with Gasteiger partial charge < -0.3 is 20.3 Å². The van der Waals surface area contributed by atoms with Gasteiger partial charge in [-0.1, -0.05) is 45.0 Å². The maximum Gasteiger partial charge on any atom is 0.191 e. The molecule has 0 amide bonds. The molecule has 1 aliphatic rings. The summed E-state index contributed by atoms with van der Waals surface area (Å²) < 4.78 is 5.64. The van der Waals surface area contributed by atoms with Crippen molar-refractivity contribution in [2.24, 2.45) is 10.4 Å². The Morgan fingerprint density at radius 1 is 1.07 bits per heavy atom. The van der Waals surface area contributed by atoms with Gasteiger partial charge in [-0.05, 0) is 30.5 Å². The fourth-order valence-electron chi connectivity index (χ4n) is 3.46. The lowest BCUT2D eigenvalue weighted by molar-refractivity contribution is 0.0205. The molecule has 1 unspecified atom stereocenters. The fourth-order valence-corrected chi connectivity index (χ4v) is 3.46. The fraction of sp³-hybridized carbons (Fsp3) is 0.696. The minimum Gasteiger partial charge on any atom is -0.379 e. The normalized spacial score (nSPS) is 17.3. The van der Waals surface area contributed by atoms with E-state index in [9.17, 15) is 0 Å². The van der Waals surface area contributed by atoms with Crippen LogP contribution in [-0.2, 0) is 17.8 Å². The maximum atomic E-state index is 5.64. The third kappa shape index (κ3) is 9.49. The highest BCUT2D eigenvalue weighted by atomic mass is 127. The molecule has 1 aromatic carbocycles. The Bertz CT molecular complexity index is 621. The molecule has 2 N–H and O–H groups in total. The van der Waals surface area contributed by atoms with Crippen LogP contribution in [0.5, 0.6) is 0 Å². The van der Waals surface area contributed by atoms with Crippen molar-refractivity contribution in [3.05, 3.63) is 35.4 Å². The Hall–Kier alpha value is -0.900. The number of rotatable bonds is 8. The Morgan fingerprint density at radius 2 is 1.67 bits per heavy atom. The minimum atomic E-state index is 0. The third-order valence-electron chi connectivity index (χ3n) is 5.49. The van der Waals surface area contributed by atoms with Gasteiger partial charge in [-0.2, -0.15) is 0 Å². The number of hydrogen-bond acceptors (Lipinski definition) is 4. The quantitative estimate of drug-likeness (QED) is 0.307. The number of methoxy groups -OCH3 is 1. The molecule has 1 aliphatic heterocycles. The molecule has 1 fully saturated rings. The van der Waals surface area contributed by atoms with Crippen molar-refractivity contribution in [3.8, 4) is 0 Å². The first-order valence-electron chi connectivity index (χ1n) is 10.9. The summed E-state index contributed by atoms with van der Waals surface area (Å²) in [5.74, 6) is 0.834. The Balaban J connectivity index is 0.00000450. The van der Waals surface area contributed by atoms with E-state index in [1.165, 1.54) is 11.1 Å². The molecule has 30 heavy (non-hydrogen) atoms. The van der Waals surface area contributed by atoms with Crippen molar-refractivity contribution in [2.75, 3.05) is 53.4 Å². The van der Waals surface area contributed by atoms with Crippen LogP contribution in [0.25, 0.3) is 0 Å². The van der Waals surface area contributed by atoms with Gasteiger partial charge in [0.05, 0.1) is 12.6 Å². The van der Waals surface area contributed by atoms with Gasteiger partial charge in [-0.3, -0.25) is 4.90 Å².